The first kappa shape index (κ1) is 15.3. The molecule has 3 aromatic rings. The minimum absolute atomic E-state index is 1.13. The fourth-order valence-corrected chi connectivity index (χ4v) is 5.81. The predicted molar refractivity (Wildman–Crippen MR) is 99.7 cm³/mol. The largest absolute Gasteiger partial charge is 0.242 e. The van der Waals surface area contributed by atoms with Gasteiger partial charge in [-0.2, -0.15) is 0 Å². The molecule has 5 heteroatoms. The van der Waals surface area contributed by atoms with Crippen molar-refractivity contribution >= 4 is 43.5 Å². The molecule has 0 spiro atoms. The van der Waals surface area contributed by atoms with Crippen molar-refractivity contribution in [3.63, 3.8) is 0 Å². The topological polar surface area (TPSA) is 38.7 Å². The number of hydrogen-bond acceptors (Lipinski definition) is 5. The van der Waals surface area contributed by atoms with Crippen LogP contribution in [0.2, 0.25) is 0 Å². The van der Waals surface area contributed by atoms with Gasteiger partial charge in [-0.05, 0) is 55.9 Å². The van der Waals surface area contributed by atoms with Crippen molar-refractivity contribution in [2.45, 2.75) is 57.4 Å². The molecule has 1 aliphatic rings. The number of thioether (sulfide) groups is 1. The van der Waals surface area contributed by atoms with Crippen LogP contribution in [0.25, 0.3) is 20.4 Å². The number of fused-ring (bicyclic) bond motifs is 5. The van der Waals surface area contributed by atoms with Crippen LogP contribution < -0.4 is 0 Å². The van der Waals surface area contributed by atoms with E-state index in [0.29, 0.717) is 0 Å². The second-order valence-corrected chi connectivity index (χ2v) is 8.28. The lowest BCUT2D eigenvalue weighted by Gasteiger charge is -2.18. The zero-order valence-electron chi connectivity index (χ0n) is 13.7. The minimum Gasteiger partial charge on any atom is -0.242 e. The summed E-state index contributed by atoms with van der Waals surface area (Å²) in [5, 5.41) is 2.44. The Kier molecular flexibility index (Phi) is 4.24. The highest BCUT2D eigenvalue weighted by Gasteiger charge is 2.21. The van der Waals surface area contributed by atoms with Crippen molar-refractivity contribution in [3.8, 4) is 0 Å². The second-order valence-electron chi connectivity index (χ2n) is 6.20. The summed E-state index contributed by atoms with van der Waals surface area (Å²) < 4.78 is 1.23. The van der Waals surface area contributed by atoms with E-state index in [1.807, 2.05) is 11.8 Å². The first-order valence-corrected chi connectivity index (χ1v) is 10.3. The lowest BCUT2D eigenvalue weighted by atomic mass is 9.89. The highest BCUT2D eigenvalue weighted by atomic mass is 32.2. The van der Waals surface area contributed by atoms with Gasteiger partial charge in [0.15, 0.2) is 0 Å². The molecule has 3 aromatic heterocycles. The lowest BCUT2D eigenvalue weighted by molar-refractivity contribution is 0.683. The van der Waals surface area contributed by atoms with E-state index in [9.17, 15) is 0 Å². The average Bonchev–Trinajstić information content (AvgIpc) is 2.94. The molecule has 0 fully saturated rings. The van der Waals surface area contributed by atoms with E-state index in [2.05, 4.69) is 23.8 Å². The number of aromatic nitrogens is 3. The van der Waals surface area contributed by atoms with E-state index in [4.69, 9.17) is 4.98 Å². The molecule has 0 N–H and O–H groups in total. The van der Waals surface area contributed by atoms with Gasteiger partial charge in [-0.25, -0.2) is 15.0 Å². The molecule has 23 heavy (non-hydrogen) atoms. The van der Waals surface area contributed by atoms with Crippen molar-refractivity contribution in [2.75, 3.05) is 5.75 Å². The molecule has 0 amide bonds. The number of thiophene rings is 1. The molecule has 3 nitrogen and oxygen atoms in total. The van der Waals surface area contributed by atoms with Gasteiger partial charge in [0, 0.05) is 11.1 Å². The Morgan fingerprint density at radius 2 is 2.00 bits per heavy atom. The summed E-state index contributed by atoms with van der Waals surface area (Å²) in [5.41, 5.74) is 5.33. The quantitative estimate of drug-likeness (QED) is 0.365. The van der Waals surface area contributed by atoms with Crippen molar-refractivity contribution < 1.29 is 0 Å². The molecule has 0 atom stereocenters. The van der Waals surface area contributed by atoms with Crippen LogP contribution in [0.3, 0.4) is 0 Å². The maximum atomic E-state index is 4.91. The monoisotopic (exact) mass is 343 g/mol. The van der Waals surface area contributed by atoms with E-state index < -0.39 is 0 Å². The van der Waals surface area contributed by atoms with Crippen LogP contribution in [0.5, 0.6) is 0 Å². The summed E-state index contributed by atoms with van der Waals surface area (Å²) in [6.45, 7) is 4.39. The molecule has 1 aliphatic carbocycles. The summed E-state index contributed by atoms with van der Waals surface area (Å²) in [7, 11) is 0. The van der Waals surface area contributed by atoms with Crippen molar-refractivity contribution in [2.24, 2.45) is 0 Å². The Bertz CT molecular complexity index is 870. The molecule has 0 saturated carbocycles. The Hall–Kier alpha value is -1.20. The molecular formula is C18H21N3S2. The molecule has 0 bridgehead atoms. The van der Waals surface area contributed by atoms with Gasteiger partial charge in [0.25, 0.3) is 0 Å². The summed E-state index contributed by atoms with van der Waals surface area (Å²) in [5.74, 6) is 1.13. The Morgan fingerprint density at radius 3 is 2.83 bits per heavy atom. The van der Waals surface area contributed by atoms with Crippen LogP contribution in [0.4, 0.5) is 0 Å². The van der Waals surface area contributed by atoms with Crippen LogP contribution in [0.1, 0.15) is 49.4 Å². The third-order valence-corrected chi connectivity index (χ3v) is 6.92. The van der Waals surface area contributed by atoms with Gasteiger partial charge in [-0.1, -0.05) is 13.3 Å². The average molecular weight is 344 g/mol. The molecule has 0 aliphatic heterocycles. The molecule has 0 saturated heterocycles. The fourth-order valence-electron chi connectivity index (χ4n) is 3.44. The molecule has 120 valence electrons. The van der Waals surface area contributed by atoms with E-state index in [1.165, 1.54) is 65.4 Å². The smallest absolute Gasteiger partial charge is 0.126 e. The van der Waals surface area contributed by atoms with Crippen LogP contribution in [0, 0.1) is 6.92 Å². The number of aryl methyl sites for hydroxylation is 2. The third kappa shape index (κ3) is 2.64. The van der Waals surface area contributed by atoms with Crippen molar-refractivity contribution in [1.29, 1.82) is 0 Å². The Morgan fingerprint density at radius 1 is 1.17 bits per heavy atom. The normalized spacial score (nSPS) is 14.5. The molecule has 0 unspecified atom stereocenters. The summed E-state index contributed by atoms with van der Waals surface area (Å²) in [6.07, 6.45) is 9.10. The predicted octanol–water partition coefficient (Wildman–Crippen LogP) is 5.32. The molecule has 0 radical (unpaired) electrons. The standard InChI is InChI=1S/C18H21N3S2/c1-3-4-9-22-18-16-15(19-10-20-18)14-13-8-6-5-7-12(13)11(2)21-17(14)23-16/h10H,3-9H2,1-2H3. The van der Waals surface area contributed by atoms with Crippen LogP contribution in [-0.2, 0) is 12.8 Å². The van der Waals surface area contributed by atoms with Gasteiger partial charge in [0.05, 0.1) is 10.2 Å². The fraction of sp³-hybridized carbons (Fsp3) is 0.500. The Labute approximate surface area is 144 Å². The van der Waals surface area contributed by atoms with Crippen LogP contribution in [0.15, 0.2) is 11.4 Å². The van der Waals surface area contributed by atoms with Gasteiger partial charge in [-0.15, -0.1) is 23.1 Å². The van der Waals surface area contributed by atoms with E-state index in [-0.39, 0.29) is 0 Å². The highest BCUT2D eigenvalue weighted by molar-refractivity contribution is 7.99. The molecule has 3 heterocycles. The third-order valence-electron chi connectivity index (χ3n) is 4.63. The lowest BCUT2D eigenvalue weighted by Crippen LogP contribution is -2.06. The van der Waals surface area contributed by atoms with Crippen LogP contribution >= 0.6 is 23.1 Å². The zero-order chi connectivity index (χ0) is 15.8. The van der Waals surface area contributed by atoms with Crippen molar-refractivity contribution in [1.82, 2.24) is 15.0 Å². The Balaban J connectivity index is 1.92. The van der Waals surface area contributed by atoms with Gasteiger partial charge in [-0.3, -0.25) is 0 Å². The summed E-state index contributed by atoms with van der Waals surface area (Å²) in [6, 6.07) is 0. The number of hydrogen-bond donors (Lipinski definition) is 0. The highest BCUT2D eigenvalue weighted by Crippen LogP contribution is 2.41. The zero-order valence-corrected chi connectivity index (χ0v) is 15.3. The maximum Gasteiger partial charge on any atom is 0.126 e. The first-order chi connectivity index (χ1) is 11.3. The second kappa shape index (κ2) is 6.36. The van der Waals surface area contributed by atoms with E-state index in [1.54, 1.807) is 17.7 Å². The van der Waals surface area contributed by atoms with E-state index >= 15 is 0 Å². The number of rotatable bonds is 4. The van der Waals surface area contributed by atoms with Gasteiger partial charge >= 0.3 is 0 Å². The van der Waals surface area contributed by atoms with Gasteiger partial charge in [0.2, 0.25) is 0 Å². The van der Waals surface area contributed by atoms with Gasteiger partial charge < -0.3 is 0 Å². The number of nitrogens with zero attached hydrogens (tertiary/aromatic N) is 3. The SMILES string of the molecule is CCCCSc1ncnc2c1sc1nc(C)c3c(c12)CCCC3. The van der Waals surface area contributed by atoms with Crippen LogP contribution in [-0.4, -0.2) is 20.7 Å². The van der Waals surface area contributed by atoms with E-state index in [0.717, 1.165) is 21.1 Å². The van der Waals surface area contributed by atoms with Crippen molar-refractivity contribution in [3.05, 3.63) is 23.1 Å². The molecule has 0 aromatic carbocycles. The first-order valence-electron chi connectivity index (χ1n) is 8.48. The number of pyridine rings is 1. The number of unbranched alkanes of at least 4 members (excludes halogenated alkanes) is 1. The maximum absolute atomic E-state index is 4.91. The molecular weight excluding hydrogens is 322 g/mol. The summed E-state index contributed by atoms with van der Waals surface area (Å²) in [4.78, 5) is 15.2. The summed E-state index contributed by atoms with van der Waals surface area (Å²) >= 11 is 3.64. The molecule has 4 rings (SSSR count). The van der Waals surface area contributed by atoms with Gasteiger partial charge in [0.1, 0.15) is 16.2 Å². The minimum atomic E-state index is 1.13.